The third kappa shape index (κ3) is 2.56. The Hall–Kier alpha value is -0.830. The van der Waals surface area contributed by atoms with E-state index < -0.39 is 11.6 Å². The molecule has 13 heavy (non-hydrogen) atoms. The van der Waals surface area contributed by atoms with Gasteiger partial charge < -0.3 is 4.74 Å². The molecule has 1 aromatic rings. The second-order valence-electron chi connectivity index (χ2n) is 2.87. The average molecular weight is 207 g/mol. The summed E-state index contributed by atoms with van der Waals surface area (Å²) in [7, 11) is 0. The molecular weight excluding hydrogens is 198 g/mol. The summed E-state index contributed by atoms with van der Waals surface area (Å²) >= 11 is 5.42. The van der Waals surface area contributed by atoms with Gasteiger partial charge in [-0.05, 0) is 26.0 Å². The Bertz CT molecular complexity index is 289. The van der Waals surface area contributed by atoms with Gasteiger partial charge in [0.1, 0.15) is 0 Å². The molecule has 0 bridgehead atoms. The Morgan fingerprint density at radius 1 is 1.23 bits per heavy atom. The molecule has 0 radical (unpaired) electrons. The van der Waals surface area contributed by atoms with Gasteiger partial charge in [0.2, 0.25) is 0 Å². The van der Waals surface area contributed by atoms with Gasteiger partial charge in [-0.15, -0.1) is 0 Å². The number of hydrogen-bond donors (Lipinski definition) is 0. The minimum absolute atomic E-state index is 0.0195. The fourth-order valence-corrected chi connectivity index (χ4v) is 1.07. The second-order valence-corrected chi connectivity index (χ2v) is 3.30. The maximum absolute atomic E-state index is 13.0. The van der Waals surface area contributed by atoms with Crippen LogP contribution in [-0.4, -0.2) is 6.10 Å². The van der Waals surface area contributed by atoms with Crippen LogP contribution >= 0.6 is 11.6 Å². The Balaban J connectivity index is 3.06. The van der Waals surface area contributed by atoms with Crippen molar-refractivity contribution >= 4 is 11.6 Å². The summed E-state index contributed by atoms with van der Waals surface area (Å²) in [5.74, 6) is -1.93. The first-order valence-electron chi connectivity index (χ1n) is 3.82. The van der Waals surface area contributed by atoms with Gasteiger partial charge in [-0.3, -0.25) is 0 Å². The van der Waals surface area contributed by atoms with Crippen LogP contribution in [0.25, 0.3) is 0 Å². The number of benzene rings is 1. The molecule has 0 saturated carbocycles. The van der Waals surface area contributed by atoms with Crippen molar-refractivity contribution in [3.63, 3.8) is 0 Å². The summed E-state index contributed by atoms with van der Waals surface area (Å²) in [6.45, 7) is 3.38. The van der Waals surface area contributed by atoms with E-state index in [2.05, 4.69) is 0 Å². The van der Waals surface area contributed by atoms with Gasteiger partial charge in [-0.2, -0.15) is 0 Å². The topological polar surface area (TPSA) is 9.23 Å². The van der Waals surface area contributed by atoms with Crippen LogP contribution in [0, 0.1) is 11.6 Å². The molecule has 0 aliphatic rings. The summed E-state index contributed by atoms with van der Waals surface area (Å²) in [5, 5.41) is 0.0195. The van der Waals surface area contributed by atoms with E-state index in [1.54, 1.807) is 13.8 Å². The Labute approximate surface area is 80.3 Å². The highest BCUT2D eigenvalue weighted by molar-refractivity contribution is 6.30. The number of hydrogen-bond acceptors (Lipinski definition) is 1. The molecule has 4 heteroatoms. The molecule has 72 valence electrons. The maximum atomic E-state index is 13.0. The van der Waals surface area contributed by atoms with Crippen LogP contribution in [-0.2, 0) is 0 Å². The van der Waals surface area contributed by atoms with Crippen molar-refractivity contribution in [2.75, 3.05) is 0 Å². The van der Waals surface area contributed by atoms with E-state index in [-0.39, 0.29) is 16.9 Å². The quantitative estimate of drug-likeness (QED) is 0.721. The molecule has 1 nitrogen and oxygen atoms in total. The zero-order valence-corrected chi connectivity index (χ0v) is 8.03. The van der Waals surface area contributed by atoms with E-state index in [0.717, 1.165) is 12.1 Å². The van der Waals surface area contributed by atoms with Crippen LogP contribution in [0.15, 0.2) is 12.1 Å². The molecule has 0 saturated heterocycles. The lowest BCUT2D eigenvalue weighted by Crippen LogP contribution is -2.08. The summed E-state index contributed by atoms with van der Waals surface area (Å²) in [4.78, 5) is 0. The van der Waals surface area contributed by atoms with Crippen molar-refractivity contribution in [1.29, 1.82) is 0 Å². The van der Waals surface area contributed by atoms with Gasteiger partial charge in [0.15, 0.2) is 17.4 Å². The smallest absolute Gasteiger partial charge is 0.191 e. The van der Waals surface area contributed by atoms with Crippen molar-refractivity contribution in [2.45, 2.75) is 20.0 Å². The van der Waals surface area contributed by atoms with E-state index >= 15 is 0 Å². The highest BCUT2D eigenvalue weighted by atomic mass is 35.5. The Kier molecular flexibility index (Phi) is 3.09. The van der Waals surface area contributed by atoms with Crippen molar-refractivity contribution in [3.05, 3.63) is 28.8 Å². The standard InChI is InChI=1S/C9H9ClF2O/c1-5(2)13-9-7(11)3-6(10)4-8(9)12/h3-5H,1-2H3. The molecule has 1 aromatic carbocycles. The van der Waals surface area contributed by atoms with Gasteiger partial charge >= 0.3 is 0 Å². The minimum Gasteiger partial charge on any atom is -0.485 e. The molecule has 0 fully saturated rings. The van der Waals surface area contributed by atoms with Crippen LogP contribution < -0.4 is 4.74 Å². The van der Waals surface area contributed by atoms with Crippen LogP contribution in [0.2, 0.25) is 5.02 Å². The third-order valence-corrected chi connectivity index (χ3v) is 1.53. The van der Waals surface area contributed by atoms with Gasteiger partial charge in [0.05, 0.1) is 6.10 Å². The van der Waals surface area contributed by atoms with E-state index in [1.807, 2.05) is 0 Å². The average Bonchev–Trinajstić information content (AvgIpc) is 1.96. The van der Waals surface area contributed by atoms with E-state index in [0.29, 0.717) is 0 Å². The van der Waals surface area contributed by atoms with Crippen LogP contribution in [0.5, 0.6) is 5.75 Å². The predicted molar refractivity (Wildman–Crippen MR) is 47.1 cm³/mol. The van der Waals surface area contributed by atoms with E-state index in [4.69, 9.17) is 16.3 Å². The maximum Gasteiger partial charge on any atom is 0.191 e. The highest BCUT2D eigenvalue weighted by Crippen LogP contribution is 2.26. The van der Waals surface area contributed by atoms with E-state index in [9.17, 15) is 8.78 Å². The molecular formula is C9H9ClF2O. The first kappa shape index (κ1) is 10.3. The number of rotatable bonds is 2. The first-order valence-corrected chi connectivity index (χ1v) is 4.19. The SMILES string of the molecule is CC(C)Oc1c(F)cc(Cl)cc1F. The molecule has 0 atom stereocenters. The highest BCUT2D eigenvalue weighted by Gasteiger charge is 2.12. The lowest BCUT2D eigenvalue weighted by Gasteiger charge is -2.11. The van der Waals surface area contributed by atoms with Gasteiger partial charge in [0, 0.05) is 5.02 Å². The molecule has 1 rings (SSSR count). The molecule has 0 aliphatic heterocycles. The van der Waals surface area contributed by atoms with Crippen LogP contribution in [0.4, 0.5) is 8.78 Å². The zero-order chi connectivity index (χ0) is 10.0. The Morgan fingerprint density at radius 3 is 2.08 bits per heavy atom. The van der Waals surface area contributed by atoms with Crippen molar-refractivity contribution in [1.82, 2.24) is 0 Å². The lowest BCUT2D eigenvalue weighted by atomic mass is 10.3. The largest absolute Gasteiger partial charge is 0.485 e. The lowest BCUT2D eigenvalue weighted by molar-refractivity contribution is 0.219. The van der Waals surface area contributed by atoms with Crippen molar-refractivity contribution in [2.24, 2.45) is 0 Å². The van der Waals surface area contributed by atoms with Crippen LogP contribution in [0.1, 0.15) is 13.8 Å². The minimum atomic E-state index is -0.779. The molecule has 0 amide bonds. The van der Waals surface area contributed by atoms with Gasteiger partial charge in [-0.25, -0.2) is 8.78 Å². The van der Waals surface area contributed by atoms with Gasteiger partial charge in [0.25, 0.3) is 0 Å². The number of halogens is 3. The fourth-order valence-electron chi connectivity index (χ4n) is 0.877. The molecule has 0 unspecified atom stereocenters. The molecule has 0 aromatic heterocycles. The normalized spacial score (nSPS) is 10.6. The number of ether oxygens (including phenoxy) is 1. The molecule has 0 aliphatic carbocycles. The first-order chi connectivity index (χ1) is 6.00. The summed E-state index contributed by atoms with van der Waals surface area (Å²) < 4.78 is 31.0. The third-order valence-electron chi connectivity index (χ3n) is 1.32. The van der Waals surface area contributed by atoms with Gasteiger partial charge in [-0.1, -0.05) is 11.6 Å². The fraction of sp³-hybridized carbons (Fsp3) is 0.333. The summed E-state index contributed by atoms with van der Waals surface area (Å²) in [6, 6.07) is 2.03. The molecule has 0 spiro atoms. The van der Waals surface area contributed by atoms with E-state index in [1.165, 1.54) is 0 Å². The monoisotopic (exact) mass is 206 g/mol. The zero-order valence-electron chi connectivity index (χ0n) is 7.27. The second kappa shape index (κ2) is 3.92. The predicted octanol–water partition coefficient (Wildman–Crippen LogP) is 3.41. The van der Waals surface area contributed by atoms with Crippen molar-refractivity contribution in [3.8, 4) is 5.75 Å². The summed E-state index contributed by atoms with van der Waals surface area (Å²) in [6.07, 6.45) is -0.273. The Morgan fingerprint density at radius 2 is 1.69 bits per heavy atom. The molecule has 0 heterocycles. The van der Waals surface area contributed by atoms with Crippen LogP contribution in [0.3, 0.4) is 0 Å². The summed E-state index contributed by atoms with van der Waals surface area (Å²) in [5.41, 5.74) is 0. The van der Waals surface area contributed by atoms with Crippen molar-refractivity contribution < 1.29 is 13.5 Å². The molecule has 0 N–H and O–H groups in total.